The smallest absolute Gasteiger partial charge is 0.337 e. The van der Waals surface area contributed by atoms with Crippen molar-refractivity contribution < 1.29 is 19.1 Å². The number of hydrogen-bond acceptors (Lipinski definition) is 3. The highest BCUT2D eigenvalue weighted by Crippen LogP contribution is 2.30. The van der Waals surface area contributed by atoms with Crippen molar-refractivity contribution in [2.45, 2.75) is 0 Å². The molecule has 0 bridgehead atoms. The number of carboxylic acid groups (broad SMARTS) is 1. The molecule has 1 aromatic heterocycles. The Labute approximate surface area is 163 Å². The van der Waals surface area contributed by atoms with Gasteiger partial charge in [0.1, 0.15) is 5.76 Å². The van der Waals surface area contributed by atoms with Crippen LogP contribution in [0.4, 0.5) is 5.69 Å². The Hall–Kier alpha value is -2.47. The van der Waals surface area contributed by atoms with Crippen molar-refractivity contribution in [1.82, 2.24) is 0 Å². The molecule has 0 saturated heterocycles. The molecule has 0 fully saturated rings. The molecule has 0 saturated carbocycles. The van der Waals surface area contributed by atoms with Crippen molar-refractivity contribution in [3.05, 3.63) is 74.9 Å². The van der Waals surface area contributed by atoms with Gasteiger partial charge in [-0.25, -0.2) is 4.79 Å². The molecular formula is C18H10Cl3NO4. The summed E-state index contributed by atoms with van der Waals surface area (Å²) in [6.45, 7) is 0. The standard InChI is InChI=1S/C18H10Cl3NO4/c19-12-4-2-10(8-11(12)18(24)25)22-17(23)16-6-5-15(26-16)9-1-3-13(20)14(21)7-9/h1-8H,(H,22,23)(H,24,25). The SMILES string of the molecule is O=C(Nc1ccc(Cl)c(C(=O)O)c1)c1ccc(-c2ccc(Cl)c(Cl)c2)o1. The Kier molecular flexibility index (Phi) is 5.23. The molecule has 132 valence electrons. The number of carboxylic acids is 1. The maximum Gasteiger partial charge on any atom is 0.337 e. The van der Waals surface area contributed by atoms with Gasteiger partial charge in [-0.2, -0.15) is 0 Å². The zero-order valence-corrected chi connectivity index (χ0v) is 15.2. The van der Waals surface area contributed by atoms with Gasteiger partial charge in [-0.3, -0.25) is 4.79 Å². The fourth-order valence-corrected chi connectivity index (χ4v) is 2.72. The number of hydrogen-bond donors (Lipinski definition) is 2. The zero-order valence-electron chi connectivity index (χ0n) is 12.9. The maximum absolute atomic E-state index is 12.3. The first-order valence-corrected chi connectivity index (χ1v) is 8.38. The third-order valence-corrected chi connectivity index (χ3v) is 4.56. The van der Waals surface area contributed by atoms with Crippen molar-refractivity contribution in [2.75, 3.05) is 5.32 Å². The van der Waals surface area contributed by atoms with E-state index in [9.17, 15) is 9.59 Å². The minimum Gasteiger partial charge on any atom is -0.478 e. The molecule has 3 rings (SSSR count). The van der Waals surface area contributed by atoms with E-state index in [1.807, 2.05) is 0 Å². The van der Waals surface area contributed by atoms with Crippen LogP contribution in [0.25, 0.3) is 11.3 Å². The Balaban J connectivity index is 1.81. The second-order valence-electron chi connectivity index (χ2n) is 5.25. The molecule has 1 amide bonds. The van der Waals surface area contributed by atoms with E-state index in [4.69, 9.17) is 44.3 Å². The third kappa shape index (κ3) is 3.85. The summed E-state index contributed by atoms with van der Waals surface area (Å²) in [7, 11) is 0. The van der Waals surface area contributed by atoms with Gasteiger partial charge >= 0.3 is 5.97 Å². The fourth-order valence-electron chi connectivity index (χ4n) is 2.22. The maximum atomic E-state index is 12.3. The molecule has 0 aliphatic heterocycles. The topological polar surface area (TPSA) is 79.5 Å². The molecular weight excluding hydrogens is 401 g/mol. The second-order valence-corrected chi connectivity index (χ2v) is 6.47. The minimum absolute atomic E-state index is 0.0536. The van der Waals surface area contributed by atoms with E-state index in [1.54, 1.807) is 24.3 Å². The van der Waals surface area contributed by atoms with Crippen LogP contribution in [0.3, 0.4) is 0 Å². The number of benzene rings is 2. The highest BCUT2D eigenvalue weighted by Gasteiger charge is 2.15. The first-order valence-electron chi connectivity index (χ1n) is 7.24. The molecule has 0 spiro atoms. The summed E-state index contributed by atoms with van der Waals surface area (Å²) in [6, 6.07) is 12.3. The van der Waals surface area contributed by atoms with E-state index in [-0.39, 0.29) is 22.0 Å². The molecule has 3 aromatic rings. The normalized spacial score (nSPS) is 10.6. The number of nitrogens with one attached hydrogen (secondary N) is 1. The largest absolute Gasteiger partial charge is 0.478 e. The fraction of sp³-hybridized carbons (Fsp3) is 0. The molecule has 8 heteroatoms. The molecule has 1 heterocycles. The zero-order chi connectivity index (χ0) is 18.8. The predicted octanol–water partition coefficient (Wildman–Crippen LogP) is 5.86. The van der Waals surface area contributed by atoms with Crippen LogP contribution in [0.5, 0.6) is 0 Å². The van der Waals surface area contributed by atoms with Gasteiger partial charge in [-0.05, 0) is 48.5 Å². The molecule has 2 aromatic carbocycles. The van der Waals surface area contributed by atoms with Crippen molar-refractivity contribution in [3.8, 4) is 11.3 Å². The van der Waals surface area contributed by atoms with E-state index in [1.165, 1.54) is 24.3 Å². The summed E-state index contributed by atoms with van der Waals surface area (Å²) in [5, 5.41) is 12.5. The molecule has 0 unspecified atom stereocenters. The summed E-state index contributed by atoms with van der Waals surface area (Å²) in [5.41, 5.74) is 0.836. The van der Waals surface area contributed by atoms with Crippen LogP contribution in [-0.2, 0) is 0 Å². The van der Waals surface area contributed by atoms with Crippen molar-refractivity contribution in [2.24, 2.45) is 0 Å². The van der Waals surface area contributed by atoms with Crippen LogP contribution in [0.2, 0.25) is 15.1 Å². The van der Waals surface area contributed by atoms with Crippen LogP contribution in [-0.4, -0.2) is 17.0 Å². The van der Waals surface area contributed by atoms with E-state index in [2.05, 4.69) is 5.32 Å². The van der Waals surface area contributed by atoms with Gasteiger partial charge in [0.2, 0.25) is 0 Å². The highest BCUT2D eigenvalue weighted by atomic mass is 35.5. The van der Waals surface area contributed by atoms with Gasteiger partial charge < -0.3 is 14.8 Å². The lowest BCUT2D eigenvalue weighted by molar-refractivity contribution is 0.0696. The first-order chi connectivity index (χ1) is 12.3. The lowest BCUT2D eigenvalue weighted by atomic mass is 10.2. The lowest BCUT2D eigenvalue weighted by Crippen LogP contribution is -2.11. The van der Waals surface area contributed by atoms with Gasteiger partial charge in [0, 0.05) is 11.3 Å². The van der Waals surface area contributed by atoms with Crippen LogP contribution in [0.15, 0.2) is 52.9 Å². The van der Waals surface area contributed by atoms with E-state index < -0.39 is 11.9 Å². The Morgan fingerprint density at radius 3 is 2.31 bits per heavy atom. The molecule has 0 aliphatic rings. The Morgan fingerprint density at radius 1 is 0.885 bits per heavy atom. The second kappa shape index (κ2) is 7.41. The number of aromatic carboxylic acids is 1. The molecule has 2 N–H and O–H groups in total. The van der Waals surface area contributed by atoms with Gasteiger partial charge in [-0.15, -0.1) is 0 Å². The number of furan rings is 1. The van der Waals surface area contributed by atoms with Gasteiger partial charge in [-0.1, -0.05) is 34.8 Å². The predicted molar refractivity (Wildman–Crippen MR) is 101 cm³/mol. The number of amides is 1. The van der Waals surface area contributed by atoms with Crippen molar-refractivity contribution >= 4 is 52.4 Å². The molecule has 26 heavy (non-hydrogen) atoms. The van der Waals surface area contributed by atoms with Crippen molar-refractivity contribution in [3.63, 3.8) is 0 Å². The van der Waals surface area contributed by atoms with E-state index >= 15 is 0 Å². The molecule has 0 atom stereocenters. The number of anilines is 1. The monoisotopic (exact) mass is 409 g/mol. The summed E-state index contributed by atoms with van der Waals surface area (Å²) >= 11 is 17.7. The van der Waals surface area contributed by atoms with Gasteiger partial charge in [0.15, 0.2) is 5.76 Å². The number of halogens is 3. The minimum atomic E-state index is -1.19. The van der Waals surface area contributed by atoms with Crippen molar-refractivity contribution in [1.29, 1.82) is 0 Å². The molecule has 5 nitrogen and oxygen atoms in total. The average Bonchev–Trinajstić information content (AvgIpc) is 3.09. The summed E-state index contributed by atoms with van der Waals surface area (Å²) < 4.78 is 5.54. The van der Waals surface area contributed by atoms with Crippen LogP contribution in [0.1, 0.15) is 20.9 Å². The summed E-state index contributed by atoms with van der Waals surface area (Å²) in [6.07, 6.45) is 0. The number of rotatable bonds is 4. The van der Waals surface area contributed by atoms with E-state index in [0.717, 1.165) is 0 Å². The third-order valence-electron chi connectivity index (χ3n) is 3.49. The first kappa shape index (κ1) is 18.3. The quantitative estimate of drug-likeness (QED) is 0.565. The summed E-state index contributed by atoms with van der Waals surface area (Å²) in [5.74, 6) is -1.23. The number of carbonyl (C=O) groups is 2. The highest BCUT2D eigenvalue weighted by molar-refractivity contribution is 6.42. The van der Waals surface area contributed by atoms with Crippen LogP contribution < -0.4 is 5.32 Å². The summed E-state index contributed by atoms with van der Waals surface area (Å²) in [4.78, 5) is 23.4. The van der Waals surface area contributed by atoms with E-state index in [0.29, 0.717) is 21.4 Å². The lowest BCUT2D eigenvalue weighted by Gasteiger charge is -2.06. The van der Waals surface area contributed by atoms with Gasteiger partial charge in [0.25, 0.3) is 5.91 Å². The molecule has 0 radical (unpaired) electrons. The van der Waals surface area contributed by atoms with Crippen LogP contribution >= 0.6 is 34.8 Å². The Bertz CT molecular complexity index is 1010. The number of carbonyl (C=O) groups excluding carboxylic acids is 1. The molecule has 0 aliphatic carbocycles. The Morgan fingerprint density at radius 2 is 1.62 bits per heavy atom. The van der Waals surface area contributed by atoms with Gasteiger partial charge in [0.05, 0.1) is 20.6 Å². The van der Waals surface area contributed by atoms with Crippen LogP contribution in [0, 0.1) is 0 Å². The average molecular weight is 411 g/mol.